The Labute approximate surface area is 122 Å². The van der Waals surface area contributed by atoms with E-state index in [-0.39, 0.29) is 16.1 Å². The quantitative estimate of drug-likeness (QED) is 0.668. The first-order valence-electron chi connectivity index (χ1n) is 6.05. The van der Waals surface area contributed by atoms with Crippen molar-refractivity contribution in [1.29, 1.82) is 0 Å². The summed E-state index contributed by atoms with van der Waals surface area (Å²) in [6, 6.07) is 5.09. The van der Waals surface area contributed by atoms with E-state index in [2.05, 4.69) is 42.0 Å². The van der Waals surface area contributed by atoms with Gasteiger partial charge in [-0.1, -0.05) is 21.5 Å². The first-order chi connectivity index (χ1) is 8.69. The molecule has 1 aromatic rings. The molecule has 0 spiro atoms. The van der Waals surface area contributed by atoms with E-state index in [1.807, 2.05) is 19.1 Å². The maximum Gasteiger partial charge on any atom is 0.277 e. The third-order valence-electron chi connectivity index (χ3n) is 2.49. The molecule has 5 heteroatoms. The fraction of sp³-hybridized carbons (Fsp3) is 0.429. The SMILES string of the molecule is C/C(=C/c1ccc(Br)cc1[N+](=O)[O-])CNC(C)(C)C. The van der Waals surface area contributed by atoms with Gasteiger partial charge in [0.05, 0.1) is 10.5 Å². The molecular formula is C14H19BrN2O2. The predicted molar refractivity (Wildman–Crippen MR) is 82.2 cm³/mol. The Bertz CT molecular complexity index is 505. The molecule has 0 aliphatic carbocycles. The number of benzene rings is 1. The third-order valence-corrected chi connectivity index (χ3v) is 2.98. The van der Waals surface area contributed by atoms with Crippen molar-refractivity contribution in [3.63, 3.8) is 0 Å². The fourth-order valence-corrected chi connectivity index (χ4v) is 1.87. The summed E-state index contributed by atoms with van der Waals surface area (Å²) in [6.45, 7) is 8.92. The summed E-state index contributed by atoms with van der Waals surface area (Å²) < 4.78 is 0.710. The lowest BCUT2D eigenvalue weighted by atomic mass is 10.1. The Kier molecular flexibility index (Phi) is 5.26. The van der Waals surface area contributed by atoms with Crippen LogP contribution in [0.4, 0.5) is 5.69 Å². The Morgan fingerprint density at radius 3 is 2.63 bits per heavy atom. The van der Waals surface area contributed by atoms with Crippen LogP contribution in [-0.4, -0.2) is 17.0 Å². The van der Waals surface area contributed by atoms with Crippen LogP contribution in [0.15, 0.2) is 28.2 Å². The summed E-state index contributed by atoms with van der Waals surface area (Å²) in [6.07, 6.45) is 1.85. The second kappa shape index (κ2) is 6.30. The summed E-state index contributed by atoms with van der Waals surface area (Å²) >= 11 is 3.25. The van der Waals surface area contributed by atoms with Crippen molar-refractivity contribution in [2.24, 2.45) is 0 Å². The van der Waals surface area contributed by atoms with E-state index >= 15 is 0 Å². The van der Waals surface area contributed by atoms with Gasteiger partial charge in [0.1, 0.15) is 0 Å². The topological polar surface area (TPSA) is 55.2 Å². The molecule has 1 rings (SSSR count). The lowest BCUT2D eigenvalue weighted by Gasteiger charge is -2.20. The first kappa shape index (κ1) is 15.9. The molecule has 0 aliphatic heterocycles. The molecule has 0 saturated heterocycles. The van der Waals surface area contributed by atoms with Crippen molar-refractivity contribution < 1.29 is 4.92 Å². The zero-order valence-corrected chi connectivity index (χ0v) is 13.2. The zero-order valence-electron chi connectivity index (χ0n) is 11.7. The minimum Gasteiger partial charge on any atom is -0.308 e. The summed E-state index contributed by atoms with van der Waals surface area (Å²) in [5, 5.41) is 14.4. The second-order valence-corrected chi connectivity index (χ2v) is 6.47. The number of nitro groups is 1. The predicted octanol–water partition coefficient (Wildman–Crippen LogP) is 4.15. The number of rotatable bonds is 4. The molecule has 0 bridgehead atoms. The Morgan fingerprint density at radius 1 is 1.47 bits per heavy atom. The number of halogens is 1. The van der Waals surface area contributed by atoms with E-state index in [1.165, 1.54) is 6.07 Å². The number of nitro benzene ring substituents is 1. The van der Waals surface area contributed by atoms with Crippen LogP contribution >= 0.6 is 15.9 Å². The largest absolute Gasteiger partial charge is 0.308 e. The molecule has 1 N–H and O–H groups in total. The number of hydrogen-bond acceptors (Lipinski definition) is 3. The minimum absolute atomic E-state index is 0.0285. The van der Waals surface area contributed by atoms with Crippen LogP contribution in [0.1, 0.15) is 33.3 Å². The van der Waals surface area contributed by atoms with Gasteiger partial charge >= 0.3 is 0 Å². The molecule has 0 atom stereocenters. The summed E-state index contributed by atoms with van der Waals surface area (Å²) in [5.74, 6) is 0. The van der Waals surface area contributed by atoms with E-state index in [9.17, 15) is 10.1 Å². The van der Waals surface area contributed by atoms with Gasteiger partial charge in [0, 0.05) is 22.6 Å². The molecule has 0 saturated carbocycles. The average Bonchev–Trinajstić information content (AvgIpc) is 2.28. The highest BCUT2D eigenvalue weighted by atomic mass is 79.9. The van der Waals surface area contributed by atoms with Gasteiger partial charge in [-0.25, -0.2) is 0 Å². The van der Waals surface area contributed by atoms with E-state index in [4.69, 9.17) is 0 Å². The maximum absolute atomic E-state index is 11.0. The highest BCUT2D eigenvalue weighted by molar-refractivity contribution is 9.10. The van der Waals surface area contributed by atoms with Gasteiger partial charge in [0.25, 0.3) is 5.69 Å². The summed E-state index contributed by atoms with van der Waals surface area (Å²) in [5.41, 5.74) is 1.83. The molecule has 0 unspecified atom stereocenters. The molecule has 0 radical (unpaired) electrons. The Morgan fingerprint density at radius 2 is 2.11 bits per heavy atom. The zero-order chi connectivity index (χ0) is 14.6. The molecule has 0 aromatic heterocycles. The molecule has 0 heterocycles. The third kappa shape index (κ3) is 5.53. The molecule has 0 aliphatic rings. The van der Waals surface area contributed by atoms with Gasteiger partial charge in [-0.15, -0.1) is 0 Å². The fourth-order valence-electron chi connectivity index (χ4n) is 1.52. The van der Waals surface area contributed by atoms with E-state index in [0.717, 1.165) is 5.57 Å². The second-order valence-electron chi connectivity index (χ2n) is 5.55. The van der Waals surface area contributed by atoms with Crippen LogP contribution in [-0.2, 0) is 0 Å². The van der Waals surface area contributed by atoms with Gasteiger partial charge in [0.2, 0.25) is 0 Å². The van der Waals surface area contributed by atoms with Gasteiger partial charge in [-0.05, 0) is 45.9 Å². The monoisotopic (exact) mass is 326 g/mol. The number of hydrogen-bond donors (Lipinski definition) is 1. The maximum atomic E-state index is 11.0. The average molecular weight is 327 g/mol. The van der Waals surface area contributed by atoms with Crippen LogP contribution in [0, 0.1) is 10.1 Å². The highest BCUT2D eigenvalue weighted by Crippen LogP contribution is 2.25. The lowest BCUT2D eigenvalue weighted by molar-refractivity contribution is -0.385. The molecule has 104 valence electrons. The van der Waals surface area contributed by atoms with Gasteiger partial charge in [-0.3, -0.25) is 10.1 Å². The van der Waals surface area contributed by atoms with Crippen molar-refractivity contribution in [3.8, 4) is 0 Å². The smallest absolute Gasteiger partial charge is 0.277 e. The van der Waals surface area contributed by atoms with Gasteiger partial charge < -0.3 is 5.32 Å². The Hall–Kier alpha value is -1.20. The highest BCUT2D eigenvalue weighted by Gasteiger charge is 2.13. The molecule has 0 fully saturated rings. The summed E-state index contributed by atoms with van der Waals surface area (Å²) in [4.78, 5) is 10.7. The van der Waals surface area contributed by atoms with E-state index in [1.54, 1.807) is 6.07 Å². The van der Waals surface area contributed by atoms with Crippen molar-refractivity contribution in [2.75, 3.05) is 6.54 Å². The van der Waals surface area contributed by atoms with Gasteiger partial charge in [-0.2, -0.15) is 0 Å². The van der Waals surface area contributed by atoms with Crippen molar-refractivity contribution in [3.05, 3.63) is 43.9 Å². The minimum atomic E-state index is -0.360. The lowest BCUT2D eigenvalue weighted by Crippen LogP contribution is -2.36. The van der Waals surface area contributed by atoms with Crippen LogP contribution in [0.3, 0.4) is 0 Å². The first-order valence-corrected chi connectivity index (χ1v) is 6.84. The van der Waals surface area contributed by atoms with Crippen LogP contribution < -0.4 is 5.32 Å². The molecular weight excluding hydrogens is 308 g/mol. The molecule has 19 heavy (non-hydrogen) atoms. The summed E-state index contributed by atoms with van der Waals surface area (Å²) in [7, 11) is 0. The van der Waals surface area contributed by atoms with Gasteiger partial charge in [0.15, 0.2) is 0 Å². The Balaban J connectivity index is 2.94. The van der Waals surface area contributed by atoms with Crippen LogP contribution in [0.2, 0.25) is 0 Å². The molecule has 4 nitrogen and oxygen atoms in total. The van der Waals surface area contributed by atoms with E-state index < -0.39 is 0 Å². The van der Waals surface area contributed by atoms with Crippen molar-refractivity contribution in [1.82, 2.24) is 5.32 Å². The van der Waals surface area contributed by atoms with Crippen LogP contribution in [0.5, 0.6) is 0 Å². The van der Waals surface area contributed by atoms with Crippen molar-refractivity contribution >= 4 is 27.7 Å². The standard InChI is InChI=1S/C14H19BrN2O2/c1-10(9-16-14(2,3)4)7-11-5-6-12(15)8-13(11)17(18)19/h5-8,16H,9H2,1-4H3/b10-7-. The van der Waals surface area contributed by atoms with Crippen molar-refractivity contribution in [2.45, 2.75) is 33.2 Å². The number of nitrogens with zero attached hydrogens (tertiary/aromatic N) is 1. The molecule has 1 aromatic carbocycles. The number of nitrogens with one attached hydrogen (secondary N) is 1. The van der Waals surface area contributed by atoms with E-state index in [0.29, 0.717) is 16.6 Å². The molecule has 0 amide bonds. The van der Waals surface area contributed by atoms with Crippen LogP contribution in [0.25, 0.3) is 6.08 Å². The normalized spacial score (nSPS) is 12.6.